The van der Waals surface area contributed by atoms with Gasteiger partial charge in [0.2, 0.25) is 0 Å². The summed E-state index contributed by atoms with van der Waals surface area (Å²) in [6, 6.07) is 8.52. The van der Waals surface area contributed by atoms with Crippen LogP contribution in [0.4, 0.5) is 5.69 Å². The highest BCUT2D eigenvalue weighted by atomic mass is 16.6. The quantitative estimate of drug-likeness (QED) is 0.419. The van der Waals surface area contributed by atoms with Crippen molar-refractivity contribution >= 4 is 23.5 Å². The van der Waals surface area contributed by atoms with Gasteiger partial charge in [-0.05, 0) is 44.0 Å². The number of rotatable bonds is 6. The Morgan fingerprint density at radius 1 is 1.07 bits per heavy atom. The lowest BCUT2D eigenvalue weighted by molar-refractivity contribution is -0.384. The van der Waals surface area contributed by atoms with Crippen LogP contribution in [-0.2, 0) is 9.53 Å². The molecule has 0 radical (unpaired) electrons. The summed E-state index contributed by atoms with van der Waals surface area (Å²) in [7, 11) is 1.11. The number of hydrogen-bond donors (Lipinski definition) is 2. The van der Waals surface area contributed by atoms with E-state index in [0.29, 0.717) is 5.75 Å². The van der Waals surface area contributed by atoms with Gasteiger partial charge in [0.25, 0.3) is 17.5 Å². The van der Waals surface area contributed by atoms with Crippen LogP contribution in [0.1, 0.15) is 38.8 Å². The van der Waals surface area contributed by atoms with E-state index in [1.54, 1.807) is 12.1 Å². The van der Waals surface area contributed by atoms with Crippen LogP contribution in [0, 0.1) is 24.0 Å². The van der Waals surface area contributed by atoms with Gasteiger partial charge in [-0.3, -0.25) is 30.6 Å². The van der Waals surface area contributed by atoms with Crippen molar-refractivity contribution in [1.82, 2.24) is 10.9 Å². The van der Waals surface area contributed by atoms with Gasteiger partial charge >= 0.3 is 5.97 Å². The van der Waals surface area contributed by atoms with Crippen molar-refractivity contribution in [3.05, 3.63) is 68.8 Å². The van der Waals surface area contributed by atoms with Crippen LogP contribution in [0.15, 0.2) is 36.4 Å². The SMILES string of the molecule is COC(=O)c1cc(C(=O)NNC(=O)[C@H](C)Oc2cccc(C)c2C)cc([N+](=O)[O-])c1. The minimum atomic E-state index is -0.929. The third-order valence-electron chi connectivity index (χ3n) is 4.34. The molecule has 0 spiro atoms. The molecule has 0 saturated carbocycles. The molecule has 10 nitrogen and oxygen atoms in total. The van der Waals surface area contributed by atoms with Crippen molar-refractivity contribution in [2.75, 3.05) is 7.11 Å². The summed E-state index contributed by atoms with van der Waals surface area (Å²) in [5.41, 5.74) is 5.38. The molecule has 0 aromatic heterocycles. The fourth-order valence-electron chi connectivity index (χ4n) is 2.47. The third-order valence-corrected chi connectivity index (χ3v) is 4.34. The van der Waals surface area contributed by atoms with Gasteiger partial charge in [-0.1, -0.05) is 12.1 Å². The molecule has 0 aliphatic heterocycles. The Morgan fingerprint density at radius 2 is 1.73 bits per heavy atom. The summed E-state index contributed by atoms with van der Waals surface area (Å²) in [5.74, 6) is -1.79. The highest BCUT2D eigenvalue weighted by Gasteiger charge is 2.20. The average Bonchev–Trinajstić information content (AvgIpc) is 2.73. The van der Waals surface area contributed by atoms with E-state index in [2.05, 4.69) is 15.6 Å². The predicted molar refractivity (Wildman–Crippen MR) is 106 cm³/mol. The Labute approximate surface area is 172 Å². The van der Waals surface area contributed by atoms with Gasteiger partial charge in [0.05, 0.1) is 17.6 Å². The fraction of sp³-hybridized carbons (Fsp3) is 0.250. The number of esters is 1. The Bertz CT molecular complexity index is 1000. The first-order valence-electron chi connectivity index (χ1n) is 8.85. The number of nitro benzene ring substituents is 1. The number of aryl methyl sites for hydroxylation is 1. The maximum Gasteiger partial charge on any atom is 0.338 e. The number of nitro groups is 1. The smallest absolute Gasteiger partial charge is 0.338 e. The molecule has 0 saturated heterocycles. The van der Waals surface area contributed by atoms with Crippen LogP contribution < -0.4 is 15.6 Å². The second-order valence-electron chi connectivity index (χ2n) is 6.42. The number of benzene rings is 2. The number of carbonyl (C=O) groups excluding carboxylic acids is 3. The molecule has 2 aromatic rings. The molecule has 0 heterocycles. The lowest BCUT2D eigenvalue weighted by Gasteiger charge is -2.17. The minimum Gasteiger partial charge on any atom is -0.481 e. The first-order chi connectivity index (χ1) is 14.1. The molecule has 1 atom stereocenters. The molecule has 2 aromatic carbocycles. The van der Waals surface area contributed by atoms with E-state index >= 15 is 0 Å². The molecule has 30 heavy (non-hydrogen) atoms. The second-order valence-corrected chi connectivity index (χ2v) is 6.42. The van der Waals surface area contributed by atoms with Crippen LogP contribution in [0.25, 0.3) is 0 Å². The lowest BCUT2D eigenvalue weighted by atomic mass is 10.1. The first kappa shape index (κ1) is 22.3. The first-order valence-corrected chi connectivity index (χ1v) is 8.85. The highest BCUT2D eigenvalue weighted by Crippen LogP contribution is 2.22. The highest BCUT2D eigenvalue weighted by molar-refractivity contribution is 5.99. The van der Waals surface area contributed by atoms with Crippen LogP contribution in [0.3, 0.4) is 0 Å². The number of non-ortho nitro benzene ring substituents is 1. The normalized spacial score (nSPS) is 11.2. The summed E-state index contributed by atoms with van der Waals surface area (Å²) < 4.78 is 10.2. The largest absolute Gasteiger partial charge is 0.481 e. The van der Waals surface area contributed by atoms with Crippen molar-refractivity contribution in [3.63, 3.8) is 0 Å². The van der Waals surface area contributed by atoms with E-state index < -0.39 is 34.5 Å². The van der Waals surface area contributed by atoms with Gasteiger partial charge in [0, 0.05) is 17.7 Å². The molecule has 2 amide bonds. The summed E-state index contributed by atoms with van der Waals surface area (Å²) in [6.45, 7) is 5.28. The summed E-state index contributed by atoms with van der Waals surface area (Å²) in [6.07, 6.45) is -0.929. The van der Waals surface area contributed by atoms with Gasteiger partial charge in [0.1, 0.15) is 5.75 Å². The molecule has 2 rings (SSSR count). The molecule has 2 N–H and O–H groups in total. The molecule has 0 fully saturated rings. The monoisotopic (exact) mass is 415 g/mol. The summed E-state index contributed by atoms with van der Waals surface area (Å²) in [5, 5.41) is 11.1. The average molecular weight is 415 g/mol. The Kier molecular flexibility index (Phi) is 7.08. The van der Waals surface area contributed by atoms with E-state index in [4.69, 9.17) is 4.74 Å². The van der Waals surface area contributed by atoms with Crippen molar-refractivity contribution < 1.29 is 28.8 Å². The van der Waals surface area contributed by atoms with Crippen molar-refractivity contribution in [2.24, 2.45) is 0 Å². The summed E-state index contributed by atoms with van der Waals surface area (Å²) >= 11 is 0. The number of ether oxygens (including phenoxy) is 2. The van der Waals surface area contributed by atoms with Crippen LogP contribution in [0.5, 0.6) is 5.75 Å². The molecule has 0 bridgehead atoms. The van der Waals surface area contributed by atoms with E-state index in [-0.39, 0.29) is 11.1 Å². The van der Waals surface area contributed by atoms with Crippen molar-refractivity contribution in [2.45, 2.75) is 26.9 Å². The standard InChI is InChI=1S/C20H21N3O7/c1-11-6-5-7-17(12(11)2)30-13(3)18(24)21-22-19(25)14-8-15(20(26)29-4)10-16(9-14)23(27)28/h5-10,13H,1-4H3,(H,21,24)(H,22,25)/t13-/m0/s1. The fourth-order valence-corrected chi connectivity index (χ4v) is 2.47. The topological polar surface area (TPSA) is 137 Å². The zero-order valence-electron chi connectivity index (χ0n) is 16.8. The van der Waals surface area contributed by atoms with Gasteiger partial charge in [-0.2, -0.15) is 0 Å². The molecular formula is C20H21N3O7. The Hall–Kier alpha value is -3.95. The molecule has 0 aliphatic rings. The zero-order chi connectivity index (χ0) is 22.4. The Morgan fingerprint density at radius 3 is 2.37 bits per heavy atom. The number of amides is 2. The zero-order valence-corrected chi connectivity index (χ0v) is 16.8. The van der Waals surface area contributed by atoms with E-state index in [1.807, 2.05) is 19.9 Å². The lowest BCUT2D eigenvalue weighted by Crippen LogP contribution is -2.47. The minimum absolute atomic E-state index is 0.171. The molecule has 10 heteroatoms. The second kappa shape index (κ2) is 9.50. The number of hydrogen-bond acceptors (Lipinski definition) is 7. The van der Waals surface area contributed by atoms with Crippen molar-refractivity contribution in [3.8, 4) is 5.75 Å². The van der Waals surface area contributed by atoms with E-state index in [1.165, 1.54) is 6.92 Å². The van der Waals surface area contributed by atoms with Gasteiger partial charge in [0.15, 0.2) is 6.10 Å². The predicted octanol–water partition coefficient (Wildman–Crippen LogP) is 2.23. The molecule has 0 aliphatic carbocycles. The van der Waals surface area contributed by atoms with Gasteiger partial charge in [-0.15, -0.1) is 0 Å². The van der Waals surface area contributed by atoms with E-state index in [0.717, 1.165) is 36.4 Å². The van der Waals surface area contributed by atoms with Gasteiger partial charge < -0.3 is 9.47 Å². The van der Waals surface area contributed by atoms with E-state index in [9.17, 15) is 24.5 Å². The number of methoxy groups -OCH3 is 1. The molecular weight excluding hydrogens is 394 g/mol. The number of carbonyl (C=O) groups is 3. The number of nitrogens with one attached hydrogen (secondary N) is 2. The Balaban J connectivity index is 2.08. The number of nitrogens with zero attached hydrogens (tertiary/aromatic N) is 1. The van der Waals surface area contributed by atoms with Crippen LogP contribution in [-0.4, -0.2) is 35.9 Å². The molecule has 158 valence electrons. The van der Waals surface area contributed by atoms with Crippen molar-refractivity contribution in [1.29, 1.82) is 0 Å². The maximum absolute atomic E-state index is 12.3. The van der Waals surface area contributed by atoms with Crippen LogP contribution in [0.2, 0.25) is 0 Å². The molecule has 0 unspecified atom stereocenters. The maximum atomic E-state index is 12.3. The van der Waals surface area contributed by atoms with Crippen LogP contribution >= 0.6 is 0 Å². The number of hydrazine groups is 1. The third kappa shape index (κ3) is 5.31. The van der Waals surface area contributed by atoms with Gasteiger partial charge in [-0.25, -0.2) is 4.79 Å². The summed E-state index contributed by atoms with van der Waals surface area (Å²) in [4.78, 5) is 46.6.